The summed E-state index contributed by atoms with van der Waals surface area (Å²) in [6, 6.07) is 5.45. The van der Waals surface area contributed by atoms with E-state index in [-0.39, 0.29) is 5.91 Å². The number of benzene rings is 1. The molecule has 5 nitrogen and oxygen atoms in total. The first-order valence-corrected chi connectivity index (χ1v) is 6.96. The van der Waals surface area contributed by atoms with Crippen molar-refractivity contribution in [3.63, 3.8) is 0 Å². The van der Waals surface area contributed by atoms with E-state index in [1.54, 1.807) is 19.2 Å². The molecule has 0 saturated carbocycles. The van der Waals surface area contributed by atoms with Crippen LogP contribution in [0.2, 0.25) is 0 Å². The summed E-state index contributed by atoms with van der Waals surface area (Å²) in [6.45, 7) is 1.26. The maximum absolute atomic E-state index is 11.9. The Bertz CT molecular complexity index is 565. The maximum atomic E-state index is 11.9. The van der Waals surface area contributed by atoms with E-state index < -0.39 is 5.97 Å². The molecule has 112 valence electrons. The van der Waals surface area contributed by atoms with Crippen LogP contribution in [-0.4, -0.2) is 35.5 Å². The molecule has 1 heterocycles. The number of carbonyl (C=O) groups excluding carboxylic acids is 1. The molecule has 1 aromatic rings. The second-order valence-corrected chi connectivity index (χ2v) is 5.02. The Labute approximate surface area is 123 Å². The van der Waals surface area contributed by atoms with E-state index in [1.807, 2.05) is 11.0 Å². The molecule has 0 bridgehead atoms. The number of likely N-dealkylation sites (tertiary alicyclic amines) is 1. The Morgan fingerprint density at radius 2 is 2.24 bits per heavy atom. The number of nitrogens with zero attached hydrogens (tertiary/aromatic N) is 1. The van der Waals surface area contributed by atoms with Gasteiger partial charge in [-0.25, -0.2) is 4.79 Å². The number of carboxylic acid groups (broad SMARTS) is 1. The molecule has 1 amide bonds. The fraction of sp³-hybridized carbons (Fsp3) is 0.375. The van der Waals surface area contributed by atoms with Crippen LogP contribution in [0.4, 0.5) is 0 Å². The highest BCUT2D eigenvalue weighted by molar-refractivity contribution is 5.85. The van der Waals surface area contributed by atoms with Gasteiger partial charge in [0.2, 0.25) is 5.91 Å². The lowest BCUT2D eigenvalue weighted by atomic mass is 10.1. The molecule has 2 rings (SSSR count). The molecule has 1 aromatic carbocycles. The third-order valence-electron chi connectivity index (χ3n) is 3.51. The number of aliphatic carboxylic acids is 1. The van der Waals surface area contributed by atoms with Crippen LogP contribution < -0.4 is 4.74 Å². The van der Waals surface area contributed by atoms with Gasteiger partial charge >= 0.3 is 5.97 Å². The zero-order valence-electron chi connectivity index (χ0n) is 12.0. The van der Waals surface area contributed by atoms with Crippen LogP contribution in [0.3, 0.4) is 0 Å². The molecular weight excluding hydrogens is 270 g/mol. The summed E-state index contributed by atoms with van der Waals surface area (Å²) in [5.74, 6) is -0.116. The summed E-state index contributed by atoms with van der Waals surface area (Å²) in [6.07, 6.45) is 5.20. The molecule has 0 radical (unpaired) electrons. The Balaban J connectivity index is 2.21. The van der Waals surface area contributed by atoms with Crippen LogP contribution in [0, 0.1) is 0 Å². The number of piperidine rings is 1. The van der Waals surface area contributed by atoms with E-state index in [0.717, 1.165) is 36.6 Å². The molecule has 0 aliphatic carbocycles. The van der Waals surface area contributed by atoms with Gasteiger partial charge in [-0.2, -0.15) is 0 Å². The standard InChI is InChI=1S/C16H19NO4/c1-21-14-7-5-12(6-8-16(19)20)10-13(14)11-17-9-3-2-4-15(17)18/h5-8,10H,2-4,9,11H2,1H3,(H,19,20). The van der Waals surface area contributed by atoms with Crippen LogP contribution in [0.1, 0.15) is 30.4 Å². The number of carboxylic acids is 1. The number of methoxy groups -OCH3 is 1. The van der Waals surface area contributed by atoms with Gasteiger partial charge in [0.1, 0.15) is 5.75 Å². The molecule has 0 spiro atoms. The van der Waals surface area contributed by atoms with Gasteiger partial charge in [0.15, 0.2) is 0 Å². The SMILES string of the molecule is COc1ccc(C=CC(=O)O)cc1CN1CCCCC1=O. The van der Waals surface area contributed by atoms with Crippen LogP contribution >= 0.6 is 0 Å². The van der Waals surface area contributed by atoms with Crippen molar-refractivity contribution < 1.29 is 19.4 Å². The monoisotopic (exact) mass is 289 g/mol. The number of ether oxygens (including phenoxy) is 1. The van der Waals surface area contributed by atoms with Crippen molar-refractivity contribution in [1.82, 2.24) is 4.90 Å². The Morgan fingerprint density at radius 1 is 1.43 bits per heavy atom. The lowest BCUT2D eigenvalue weighted by molar-refractivity contribution is -0.134. The van der Waals surface area contributed by atoms with Gasteiger partial charge in [0, 0.05) is 31.1 Å². The molecule has 21 heavy (non-hydrogen) atoms. The topological polar surface area (TPSA) is 66.8 Å². The number of amides is 1. The highest BCUT2D eigenvalue weighted by Crippen LogP contribution is 2.24. The fourth-order valence-corrected chi connectivity index (χ4v) is 2.43. The second kappa shape index (κ2) is 6.92. The van der Waals surface area contributed by atoms with E-state index in [1.165, 1.54) is 6.08 Å². The van der Waals surface area contributed by atoms with Gasteiger partial charge in [-0.15, -0.1) is 0 Å². The minimum atomic E-state index is -0.987. The Morgan fingerprint density at radius 3 is 2.90 bits per heavy atom. The molecule has 1 fully saturated rings. The second-order valence-electron chi connectivity index (χ2n) is 5.02. The summed E-state index contributed by atoms with van der Waals surface area (Å²) in [4.78, 5) is 24.3. The molecule has 1 saturated heterocycles. The Hall–Kier alpha value is -2.30. The number of hydrogen-bond donors (Lipinski definition) is 1. The number of rotatable bonds is 5. The lowest BCUT2D eigenvalue weighted by Gasteiger charge is -2.27. The summed E-state index contributed by atoms with van der Waals surface area (Å²) in [5, 5.41) is 8.68. The smallest absolute Gasteiger partial charge is 0.328 e. The van der Waals surface area contributed by atoms with E-state index >= 15 is 0 Å². The molecule has 1 N–H and O–H groups in total. The van der Waals surface area contributed by atoms with Crippen LogP contribution in [0.25, 0.3) is 6.08 Å². The average molecular weight is 289 g/mol. The number of hydrogen-bond acceptors (Lipinski definition) is 3. The van der Waals surface area contributed by atoms with Crippen molar-refractivity contribution in [3.05, 3.63) is 35.4 Å². The third-order valence-corrected chi connectivity index (χ3v) is 3.51. The highest BCUT2D eigenvalue weighted by atomic mass is 16.5. The van der Waals surface area contributed by atoms with E-state index in [2.05, 4.69) is 0 Å². The van der Waals surface area contributed by atoms with E-state index in [9.17, 15) is 9.59 Å². The predicted octanol–water partition coefficient (Wildman–Crippen LogP) is 2.31. The van der Waals surface area contributed by atoms with Gasteiger partial charge in [0.25, 0.3) is 0 Å². The fourth-order valence-electron chi connectivity index (χ4n) is 2.43. The summed E-state index contributed by atoms with van der Waals surface area (Å²) >= 11 is 0. The van der Waals surface area contributed by atoms with Crippen molar-refractivity contribution in [2.24, 2.45) is 0 Å². The number of carbonyl (C=O) groups is 2. The first kappa shape index (κ1) is 15.1. The van der Waals surface area contributed by atoms with Crippen LogP contribution in [0.5, 0.6) is 5.75 Å². The third kappa shape index (κ3) is 4.08. The maximum Gasteiger partial charge on any atom is 0.328 e. The van der Waals surface area contributed by atoms with Crippen LogP contribution in [-0.2, 0) is 16.1 Å². The molecule has 0 unspecified atom stereocenters. The summed E-state index contributed by atoms with van der Waals surface area (Å²) in [7, 11) is 1.59. The van der Waals surface area contributed by atoms with Gasteiger partial charge in [0.05, 0.1) is 7.11 Å². The minimum absolute atomic E-state index is 0.162. The predicted molar refractivity (Wildman–Crippen MR) is 78.9 cm³/mol. The van der Waals surface area contributed by atoms with Crippen molar-refractivity contribution in [2.75, 3.05) is 13.7 Å². The van der Waals surface area contributed by atoms with E-state index in [4.69, 9.17) is 9.84 Å². The summed E-state index contributed by atoms with van der Waals surface area (Å²) in [5.41, 5.74) is 1.66. The first-order chi connectivity index (χ1) is 10.1. The van der Waals surface area contributed by atoms with E-state index in [0.29, 0.717) is 18.7 Å². The largest absolute Gasteiger partial charge is 0.496 e. The first-order valence-electron chi connectivity index (χ1n) is 6.96. The zero-order valence-corrected chi connectivity index (χ0v) is 12.0. The average Bonchev–Trinajstić information content (AvgIpc) is 2.47. The molecular formula is C16H19NO4. The minimum Gasteiger partial charge on any atom is -0.496 e. The van der Waals surface area contributed by atoms with Crippen molar-refractivity contribution >= 4 is 18.0 Å². The quantitative estimate of drug-likeness (QED) is 0.845. The lowest BCUT2D eigenvalue weighted by Crippen LogP contribution is -2.34. The van der Waals surface area contributed by atoms with Gasteiger partial charge < -0.3 is 14.7 Å². The molecule has 1 aliphatic rings. The van der Waals surface area contributed by atoms with Crippen molar-refractivity contribution in [3.8, 4) is 5.75 Å². The van der Waals surface area contributed by atoms with Gasteiger partial charge in [-0.3, -0.25) is 4.79 Å². The Kier molecular flexibility index (Phi) is 4.98. The molecule has 0 atom stereocenters. The molecule has 1 aliphatic heterocycles. The zero-order chi connectivity index (χ0) is 15.2. The van der Waals surface area contributed by atoms with Gasteiger partial charge in [-0.05, 0) is 36.6 Å². The summed E-state index contributed by atoms with van der Waals surface area (Å²) < 4.78 is 5.32. The van der Waals surface area contributed by atoms with Gasteiger partial charge in [-0.1, -0.05) is 6.07 Å². The molecule has 5 heteroatoms. The van der Waals surface area contributed by atoms with Crippen molar-refractivity contribution in [1.29, 1.82) is 0 Å². The normalized spacial score (nSPS) is 15.5. The van der Waals surface area contributed by atoms with Crippen molar-refractivity contribution in [2.45, 2.75) is 25.8 Å². The van der Waals surface area contributed by atoms with Crippen LogP contribution in [0.15, 0.2) is 24.3 Å². The molecule has 0 aromatic heterocycles. The highest BCUT2D eigenvalue weighted by Gasteiger charge is 2.19.